The molecule has 36 heavy (non-hydrogen) atoms. The van der Waals surface area contributed by atoms with Gasteiger partial charge in [-0.05, 0) is 67.1 Å². The van der Waals surface area contributed by atoms with Crippen molar-refractivity contribution in [3.63, 3.8) is 0 Å². The lowest BCUT2D eigenvalue weighted by Gasteiger charge is -2.26. The van der Waals surface area contributed by atoms with Gasteiger partial charge in [-0.2, -0.15) is 0 Å². The largest absolute Gasteiger partial charge is 0.490 e. The Balaban J connectivity index is 1.65. The van der Waals surface area contributed by atoms with E-state index in [9.17, 15) is 23.6 Å². The van der Waals surface area contributed by atoms with Crippen LogP contribution in [-0.4, -0.2) is 30.4 Å². The van der Waals surface area contributed by atoms with E-state index in [4.69, 9.17) is 9.47 Å². The Morgan fingerprint density at radius 1 is 1.03 bits per heavy atom. The number of barbiturate groups is 1. The van der Waals surface area contributed by atoms with Crippen molar-refractivity contribution in [1.82, 2.24) is 5.32 Å². The summed E-state index contributed by atoms with van der Waals surface area (Å²) in [5.74, 6) is -2.99. The number of ether oxygens (including phenoxy) is 2. The van der Waals surface area contributed by atoms with Crippen LogP contribution in [0.2, 0.25) is 0 Å². The number of benzene rings is 3. The van der Waals surface area contributed by atoms with Gasteiger partial charge in [0.25, 0.3) is 11.8 Å². The average molecular weight is 553 g/mol. The topological polar surface area (TPSA) is 102 Å². The number of nitrogens with one attached hydrogen (secondary N) is 1. The smallest absolute Gasteiger partial charge is 0.343 e. The lowest BCUT2D eigenvalue weighted by atomic mass is 10.1. The fraction of sp³-hybridized carbons (Fsp3) is 0.0769. The van der Waals surface area contributed by atoms with Gasteiger partial charge in [-0.1, -0.05) is 34.1 Å². The molecule has 182 valence electrons. The summed E-state index contributed by atoms with van der Waals surface area (Å²) in [4.78, 5) is 50.8. The van der Waals surface area contributed by atoms with Crippen molar-refractivity contribution in [2.75, 3.05) is 11.5 Å². The Labute approximate surface area is 213 Å². The van der Waals surface area contributed by atoms with Gasteiger partial charge < -0.3 is 9.47 Å². The maximum atomic E-state index is 14.3. The van der Waals surface area contributed by atoms with E-state index in [-0.39, 0.29) is 29.4 Å². The Hall–Kier alpha value is -4.31. The fourth-order valence-corrected chi connectivity index (χ4v) is 3.65. The molecule has 1 heterocycles. The van der Waals surface area contributed by atoms with Gasteiger partial charge in [-0.25, -0.2) is 18.9 Å². The second-order valence-electron chi connectivity index (χ2n) is 7.44. The summed E-state index contributed by atoms with van der Waals surface area (Å²) in [7, 11) is 0. The summed E-state index contributed by atoms with van der Waals surface area (Å²) in [5, 5.41) is 2.04. The number of anilines is 1. The molecule has 8 nitrogen and oxygen atoms in total. The highest BCUT2D eigenvalue weighted by Gasteiger charge is 2.38. The molecule has 1 N–H and O–H groups in total. The maximum absolute atomic E-state index is 14.3. The molecule has 4 amide bonds. The van der Waals surface area contributed by atoms with Gasteiger partial charge in [0.2, 0.25) is 0 Å². The number of carbonyl (C=O) groups is 4. The number of hydrogen-bond donors (Lipinski definition) is 1. The molecule has 1 saturated heterocycles. The van der Waals surface area contributed by atoms with Crippen LogP contribution in [0.4, 0.5) is 14.9 Å². The van der Waals surface area contributed by atoms with Gasteiger partial charge in [-0.3, -0.25) is 14.9 Å². The van der Waals surface area contributed by atoms with Crippen LogP contribution in [-0.2, 0) is 9.59 Å². The molecular formula is C26H18BrFN2O6. The summed E-state index contributed by atoms with van der Waals surface area (Å²) in [6, 6.07) is 15.2. The molecule has 0 atom stereocenters. The van der Waals surface area contributed by atoms with E-state index in [2.05, 4.69) is 15.9 Å². The molecule has 3 aromatic rings. The molecule has 4 rings (SSSR count). The fourth-order valence-electron chi connectivity index (χ4n) is 3.39. The van der Waals surface area contributed by atoms with Crippen LogP contribution in [0.25, 0.3) is 6.08 Å². The summed E-state index contributed by atoms with van der Waals surface area (Å²) in [6.45, 7) is 1.99. The van der Waals surface area contributed by atoms with Gasteiger partial charge in [-0.15, -0.1) is 0 Å². The first-order chi connectivity index (χ1) is 17.3. The van der Waals surface area contributed by atoms with Crippen molar-refractivity contribution in [2.45, 2.75) is 6.92 Å². The van der Waals surface area contributed by atoms with Crippen molar-refractivity contribution in [3.05, 3.63) is 93.7 Å². The number of urea groups is 1. The monoisotopic (exact) mass is 552 g/mol. The maximum Gasteiger partial charge on any atom is 0.343 e. The third-order valence-corrected chi connectivity index (χ3v) is 5.58. The Morgan fingerprint density at radius 2 is 1.75 bits per heavy atom. The van der Waals surface area contributed by atoms with Gasteiger partial charge in [0.15, 0.2) is 11.5 Å². The highest BCUT2D eigenvalue weighted by Crippen LogP contribution is 2.31. The Kier molecular flexibility index (Phi) is 7.25. The molecule has 0 aliphatic carbocycles. The van der Waals surface area contributed by atoms with Crippen molar-refractivity contribution < 1.29 is 33.0 Å². The molecule has 0 saturated carbocycles. The van der Waals surface area contributed by atoms with Crippen molar-refractivity contribution >= 4 is 51.5 Å². The van der Waals surface area contributed by atoms with E-state index in [1.807, 2.05) is 5.32 Å². The summed E-state index contributed by atoms with van der Waals surface area (Å²) >= 11 is 3.30. The molecule has 1 fully saturated rings. The number of rotatable bonds is 6. The number of para-hydroxylation sites is 1. The normalized spacial score (nSPS) is 14.6. The van der Waals surface area contributed by atoms with Crippen LogP contribution < -0.4 is 19.7 Å². The second kappa shape index (κ2) is 10.5. The first-order valence-electron chi connectivity index (χ1n) is 10.7. The summed E-state index contributed by atoms with van der Waals surface area (Å²) in [6.07, 6.45) is 1.24. The molecule has 0 bridgehead atoms. The highest BCUT2D eigenvalue weighted by molar-refractivity contribution is 9.10. The van der Waals surface area contributed by atoms with E-state index in [1.54, 1.807) is 31.2 Å². The zero-order valence-electron chi connectivity index (χ0n) is 18.8. The Bertz CT molecular complexity index is 1400. The molecule has 0 unspecified atom stereocenters. The third-order valence-electron chi connectivity index (χ3n) is 5.06. The standard InChI is InChI=1S/C26H18BrFN2O6/c1-2-35-22-14-15(7-12-21(22)36-25(33)16-8-10-17(27)11-9-16)13-18-23(31)29-26(34)30(24(18)32)20-6-4-3-5-19(20)28/h3-14H,2H2,1H3,(H,29,31,34)/b18-13+. The van der Waals surface area contributed by atoms with Crippen molar-refractivity contribution in [2.24, 2.45) is 0 Å². The molecular weight excluding hydrogens is 535 g/mol. The molecule has 0 aromatic heterocycles. The van der Waals surface area contributed by atoms with E-state index < -0.39 is 29.6 Å². The van der Waals surface area contributed by atoms with E-state index in [1.165, 1.54) is 42.5 Å². The van der Waals surface area contributed by atoms with Crippen molar-refractivity contribution in [1.29, 1.82) is 0 Å². The summed E-state index contributed by atoms with van der Waals surface area (Å²) < 4.78 is 26.1. The molecule has 0 radical (unpaired) electrons. The highest BCUT2D eigenvalue weighted by atomic mass is 79.9. The minimum Gasteiger partial charge on any atom is -0.490 e. The minimum atomic E-state index is -1.06. The predicted molar refractivity (Wildman–Crippen MR) is 132 cm³/mol. The number of imide groups is 2. The van der Waals surface area contributed by atoms with Crippen LogP contribution >= 0.6 is 15.9 Å². The Morgan fingerprint density at radius 3 is 2.44 bits per heavy atom. The molecule has 1 aliphatic heterocycles. The molecule has 0 spiro atoms. The second-order valence-corrected chi connectivity index (χ2v) is 8.36. The zero-order valence-corrected chi connectivity index (χ0v) is 20.4. The van der Waals surface area contributed by atoms with Crippen LogP contribution in [0.5, 0.6) is 11.5 Å². The van der Waals surface area contributed by atoms with Crippen molar-refractivity contribution in [3.8, 4) is 11.5 Å². The van der Waals surface area contributed by atoms with Gasteiger partial charge in [0.1, 0.15) is 11.4 Å². The first-order valence-corrected chi connectivity index (χ1v) is 11.5. The number of nitrogens with zero attached hydrogens (tertiary/aromatic N) is 1. The summed E-state index contributed by atoms with van der Waals surface area (Å²) in [5.41, 5.74) is 0.000888. The van der Waals surface area contributed by atoms with E-state index >= 15 is 0 Å². The predicted octanol–water partition coefficient (Wildman–Crippen LogP) is 4.87. The number of esters is 1. The number of amides is 4. The quantitative estimate of drug-likeness (QED) is 0.202. The van der Waals surface area contributed by atoms with Gasteiger partial charge >= 0.3 is 12.0 Å². The lowest BCUT2D eigenvalue weighted by Crippen LogP contribution is -2.54. The minimum absolute atomic E-state index is 0.134. The van der Waals surface area contributed by atoms with Crippen LogP contribution in [0.1, 0.15) is 22.8 Å². The lowest BCUT2D eigenvalue weighted by molar-refractivity contribution is -0.122. The van der Waals surface area contributed by atoms with Crippen LogP contribution in [0.15, 0.2) is 76.8 Å². The number of halogens is 2. The number of carbonyl (C=O) groups excluding carboxylic acids is 4. The van der Waals surface area contributed by atoms with Gasteiger partial charge in [0.05, 0.1) is 17.9 Å². The average Bonchev–Trinajstić information content (AvgIpc) is 2.85. The van der Waals surface area contributed by atoms with E-state index in [0.29, 0.717) is 16.0 Å². The van der Waals surface area contributed by atoms with Crippen LogP contribution in [0.3, 0.4) is 0 Å². The molecule has 3 aromatic carbocycles. The van der Waals surface area contributed by atoms with E-state index in [0.717, 1.165) is 10.5 Å². The van der Waals surface area contributed by atoms with Crippen LogP contribution in [0, 0.1) is 5.82 Å². The molecule has 1 aliphatic rings. The zero-order chi connectivity index (χ0) is 25.8. The van der Waals surface area contributed by atoms with Gasteiger partial charge in [0, 0.05) is 4.47 Å². The molecule has 10 heteroatoms. The third kappa shape index (κ3) is 5.18. The SMILES string of the molecule is CCOc1cc(/C=C2\C(=O)NC(=O)N(c3ccccc3F)C2=O)ccc1OC(=O)c1ccc(Br)cc1. The number of hydrogen-bond acceptors (Lipinski definition) is 6. The first kappa shape index (κ1) is 24.8.